The van der Waals surface area contributed by atoms with Crippen LogP contribution >= 0.6 is 11.3 Å². The SMILES string of the molecule is O=C(O)c1sc(-c2ccc(F)cc2)cc1N1C(=O)CN(S(=O)(=O)c2ccc(N3CCCC3)nc2)C[C@H]1C1CCCCC1. The van der Waals surface area contributed by atoms with E-state index in [1.807, 2.05) is 0 Å². The molecule has 222 valence electrons. The standard InChI is InChI=1S/C30H33FN4O5S2/c31-22-10-8-21(9-11-22)26-16-24(29(41-26)30(37)38)35-25(20-6-2-1-3-7-20)18-34(19-28(35)36)42(39,40)23-12-13-27(32-17-23)33-14-4-5-15-33/h8-13,16-17,20,25H,1-7,14-15,18-19H2,(H,37,38)/t25-/m0/s1. The first kappa shape index (κ1) is 28.8. The van der Waals surface area contributed by atoms with Crippen molar-refractivity contribution in [2.75, 3.05) is 36.0 Å². The van der Waals surface area contributed by atoms with Crippen molar-refractivity contribution < 1.29 is 27.5 Å². The van der Waals surface area contributed by atoms with Gasteiger partial charge in [-0.3, -0.25) is 4.79 Å². The van der Waals surface area contributed by atoms with E-state index in [0.717, 1.165) is 75.2 Å². The smallest absolute Gasteiger partial charge is 0.348 e. The Morgan fingerprint density at radius 1 is 1.00 bits per heavy atom. The number of nitrogens with zero attached hydrogens (tertiary/aromatic N) is 4. The number of hydrogen-bond acceptors (Lipinski definition) is 7. The zero-order valence-corrected chi connectivity index (χ0v) is 24.7. The van der Waals surface area contributed by atoms with Gasteiger partial charge in [-0.15, -0.1) is 11.3 Å². The minimum Gasteiger partial charge on any atom is -0.477 e. The number of carboxylic acid groups (broad SMARTS) is 1. The van der Waals surface area contributed by atoms with Gasteiger partial charge in [-0.2, -0.15) is 4.31 Å². The number of aromatic carboxylic acids is 1. The molecule has 3 fully saturated rings. The minimum absolute atomic E-state index is 0.00138. The summed E-state index contributed by atoms with van der Waals surface area (Å²) in [5.74, 6) is -1.28. The predicted molar refractivity (Wildman–Crippen MR) is 159 cm³/mol. The molecular formula is C30H33FN4O5S2. The Kier molecular flexibility index (Phi) is 8.03. The molecule has 0 bridgehead atoms. The number of hydrogen-bond donors (Lipinski definition) is 1. The van der Waals surface area contributed by atoms with Crippen molar-refractivity contribution >= 4 is 44.7 Å². The first-order chi connectivity index (χ1) is 20.2. The van der Waals surface area contributed by atoms with Crippen LogP contribution in [0.25, 0.3) is 10.4 Å². The van der Waals surface area contributed by atoms with Gasteiger partial charge in [-0.05, 0) is 67.5 Å². The average molecular weight is 613 g/mol. The molecule has 2 aliphatic heterocycles. The van der Waals surface area contributed by atoms with Crippen molar-refractivity contribution in [1.29, 1.82) is 0 Å². The summed E-state index contributed by atoms with van der Waals surface area (Å²) in [5, 5.41) is 10.1. The first-order valence-electron chi connectivity index (χ1n) is 14.4. The number of aromatic nitrogens is 1. The lowest BCUT2D eigenvalue weighted by Gasteiger charge is -2.44. The lowest BCUT2D eigenvalue weighted by molar-refractivity contribution is -0.121. The second kappa shape index (κ2) is 11.7. The van der Waals surface area contributed by atoms with Crippen LogP contribution in [0.1, 0.15) is 54.6 Å². The maximum atomic E-state index is 13.9. The second-order valence-electron chi connectivity index (χ2n) is 11.2. The Bertz CT molecular complexity index is 1560. The summed E-state index contributed by atoms with van der Waals surface area (Å²) >= 11 is 1.03. The van der Waals surface area contributed by atoms with Crippen LogP contribution in [-0.2, 0) is 14.8 Å². The van der Waals surface area contributed by atoms with E-state index in [1.54, 1.807) is 30.3 Å². The molecule has 3 aromatic rings. The van der Waals surface area contributed by atoms with Gasteiger partial charge >= 0.3 is 5.97 Å². The number of amides is 1. The number of halogens is 1. The minimum atomic E-state index is -4.03. The lowest BCUT2D eigenvalue weighted by Crippen LogP contribution is -2.60. The molecule has 2 saturated heterocycles. The van der Waals surface area contributed by atoms with E-state index in [0.29, 0.717) is 10.4 Å². The molecule has 1 aromatic carbocycles. The van der Waals surface area contributed by atoms with Crippen LogP contribution in [0.5, 0.6) is 0 Å². The highest BCUT2D eigenvalue weighted by Gasteiger charge is 2.44. The summed E-state index contributed by atoms with van der Waals surface area (Å²) in [4.78, 5) is 35.0. The van der Waals surface area contributed by atoms with E-state index in [-0.39, 0.29) is 27.9 Å². The normalized spacial score (nSPS) is 20.8. The number of sulfonamides is 1. The predicted octanol–water partition coefficient (Wildman–Crippen LogP) is 5.23. The Labute approximate surface area is 248 Å². The number of benzene rings is 1. The van der Waals surface area contributed by atoms with E-state index in [2.05, 4.69) is 9.88 Å². The number of carbonyl (C=O) groups is 2. The molecule has 1 aliphatic carbocycles. The highest BCUT2D eigenvalue weighted by Crippen LogP contribution is 2.42. The van der Waals surface area contributed by atoms with Crippen molar-refractivity contribution in [1.82, 2.24) is 9.29 Å². The third-order valence-corrected chi connectivity index (χ3v) is 11.5. The summed E-state index contributed by atoms with van der Waals surface area (Å²) in [6.07, 6.45) is 8.18. The van der Waals surface area contributed by atoms with E-state index in [9.17, 15) is 27.5 Å². The molecule has 6 rings (SSSR count). The molecular weight excluding hydrogens is 579 g/mol. The molecule has 9 nitrogen and oxygen atoms in total. The third-order valence-electron chi connectivity index (χ3n) is 8.58. The fourth-order valence-corrected chi connectivity index (χ4v) is 8.77. The molecule has 4 heterocycles. The number of rotatable bonds is 7. The van der Waals surface area contributed by atoms with E-state index < -0.39 is 40.3 Å². The Morgan fingerprint density at radius 2 is 1.71 bits per heavy atom. The van der Waals surface area contributed by atoms with Crippen molar-refractivity contribution in [3.63, 3.8) is 0 Å². The molecule has 1 saturated carbocycles. The zero-order chi connectivity index (χ0) is 29.4. The molecule has 42 heavy (non-hydrogen) atoms. The van der Waals surface area contributed by atoms with Crippen LogP contribution in [0, 0.1) is 11.7 Å². The van der Waals surface area contributed by atoms with Crippen molar-refractivity contribution in [3.8, 4) is 10.4 Å². The highest BCUT2D eigenvalue weighted by molar-refractivity contribution is 7.89. The van der Waals surface area contributed by atoms with Crippen LogP contribution in [0.2, 0.25) is 0 Å². The molecule has 2 aromatic heterocycles. The van der Waals surface area contributed by atoms with E-state index in [4.69, 9.17) is 0 Å². The fraction of sp³-hybridized carbons (Fsp3) is 0.433. The van der Waals surface area contributed by atoms with E-state index >= 15 is 0 Å². The van der Waals surface area contributed by atoms with Gasteiger partial charge in [0, 0.05) is 30.7 Å². The summed E-state index contributed by atoms with van der Waals surface area (Å²) in [7, 11) is -4.03. The van der Waals surface area contributed by atoms with Gasteiger partial charge < -0.3 is 14.9 Å². The topological polar surface area (TPSA) is 111 Å². The summed E-state index contributed by atoms with van der Waals surface area (Å²) in [6, 6.07) is 10.2. The molecule has 1 atom stereocenters. The zero-order valence-electron chi connectivity index (χ0n) is 23.1. The van der Waals surface area contributed by atoms with Crippen LogP contribution < -0.4 is 9.80 Å². The summed E-state index contributed by atoms with van der Waals surface area (Å²) in [6.45, 7) is 1.44. The van der Waals surface area contributed by atoms with Gasteiger partial charge in [0.2, 0.25) is 15.9 Å². The second-order valence-corrected chi connectivity index (χ2v) is 14.2. The van der Waals surface area contributed by atoms with Crippen LogP contribution in [0.4, 0.5) is 15.9 Å². The number of carbonyl (C=O) groups excluding carboxylic acids is 1. The maximum Gasteiger partial charge on any atom is 0.348 e. The molecule has 3 aliphatic rings. The highest BCUT2D eigenvalue weighted by atomic mass is 32.2. The quantitative estimate of drug-likeness (QED) is 0.389. The van der Waals surface area contributed by atoms with Gasteiger partial charge in [0.1, 0.15) is 21.4 Å². The maximum absolute atomic E-state index is 13.9. The van der Waals surface area contributed by atoms with Crippen molar-refractivity contribution in [2.45, 2.75) is 55.9 Å². The van der Waals surface area contributed by atoms with Gasteiger partial charge in [-0.25, -0.2) is 22.6 Å². The number of pyridine rings is 1. The van der Waals surface area contributed by atoms with Gasteiger partial charge in [0.25, 0.3) is 0 Å². The summed E-state index contributed by atoms with van der Waals surface area (Å²) < 4.78 is 42.4. The largest absolute Gasteiger partial charge is 0.477 e. The molecule has 0 radical (unpaired) electrons. The number of anilines is 2. The average Bonchev–Trinajstić information content (AvgIpc) is 3.69. The first-order valence-corrected chi connectivity index (χ1v) is 16.6. The fourth-order valence-electron chi connectivity index (χ4n) is 6.42. The monoisotopic (exact) mass is 612 g/mol. The lowest BCUT2D eigenvalue weighted by atomic mass is 9.82. The summed E-state index contributed by atoms with van der Waals surface area (Å²) in [5.41, 5.74) is 0.906. The Hall–Kier alpha value is -3.35. The Balaban J connectivity index is 1.34. The van der Waals surface area contributed by atoms with Gasteiger partial charge in [0.05, 0.1) is 18.3 Å². The van der Waals surface area contributed by atoms with Crippen molar-refractivity contribution in [2.24, 2.45) is 5.92 Å². The molecule has 1 amide bonds. The van der Waals surface area contributed by atoms with Crippen LogP contribution in [0.15, 0.2) is 53.6 Å². The molecule has 0 unspecified atom stereocenters. The number of piperazine rings is 1. The Morgan fingerprint density at radius 3 is 2.36 bits per heavy atom. The van der Waals surface area contributed by atoms with Crippen LogP contribution in [-0.4, -0.2) is 66.9 Å². The molecule has 1 N–H and O–H groups in total. The van der Waals surface area contributed by atoms with Crippen LogP contribution in [0.3, 0.4) is 0 Å². The molecule has 12 heteroatoms. The number of thiophene rings is 1. The van der Waals surface area contributed by atoms with E-state index in [1.165, 1.54) is 27.5 Å². The third kappa shape index (κ3) is 5.55. The van der Waals surface area contributed by atoms with Crippen molar-refractivity contribution in [3.05, 3.63) is 59.4 Å². The van der Waals surface area contributed by atoms with Gasteiger partial charge in [0.15, 0.2) is 0 Å². The van der Waals surface area contributed by atoms with Gasteiger partial charge in [-0.1, -0.05) is 31.4 Å². The molecule has 0 spiro atoms. The number of carboxylic acids is 1.